The van der Waals surface area contributed by atoms with Gasteiger partial charge in [-0.1, -0.05) is 101 Å². The zero-order valence-electron chi connectivity index (χ0n) is 20.8. The Labute approximate surface area is 184 Å². The normalized spacial score (nSPS) is 16.7. The minimum atomic E-state index is -0.548. The first-order chi connectivity index (χ1) is 13.6. The van der Waals surface area contributed by atoms with Crippen LogP contribution in [0.1, 0.15) is 90.5 Å². The van der Waals surface area contributed by atoms with Gasteiger partial charge in [0, 0.05) is 0 Å². The van der Waals surface area contributed by atoms with Crippen LogP contribution in [0.25, 0.3) is 0 Å². The summed E-state index contributed by atoms with van der Waals surface area (Å²) in [6, 6.07) is 17.2. The summed E-state index contributed by atoms with van der Waals surface area (Å²) in [5, 5.41) is 0. The van der Waals surface area contributed by atoms with E-state index in [1.165, 1.54) is 11.1 Å². The molecule has 0 saturated carbocycles. The molecule has 0 aliphatic carbocycles. The Bertz CT molecular complexity index is 769. The highest BCUT2D eigenvalue weighted by atomic mass is 17.2. The Kier molecular flexibility index (Phi) is 7.26. The Morgan fingerprint density at radius 3 is 1.17 bits per heavy atom. The van der Waals surface area contributed by atoms with Gasteiger partial charge in [-0.05, 0) is 62.5 Å². The molecule has 2 nitrogen and oxygen atoms in total. The molecule has 0 saturated heterocycles. The second-order valence-electron chi connectivity index (χ2n) is 11.8. The van der Waals surface area contributed by atoms with Crippen molar-refractivity contribution in [3.05, 3.63) is 70.8 Å². The van der Waals surface area contributed by atoms with Crippen molar-refractivity contribution in [2.75, 3.05) is 0 Å². The second-order valence-corrected chi connectivity index (χ2v) is 11.8. The maximum Gasteiger partial charge on any atom is 0.126 e. The highest BCUT2D eigenvalue weighted by Crippen LogP contribution is 2.43. The van der Waals surface area contributed by atoms with E-state index in [0.29, 0.717) is 0 Å². The monoisotopic (exact) mass is 410 g/mol. The zero-order valence-corrected chi connectivity index (χ0v) is 20.8. The van der Waals surface area contributed by atoms with E-state index in [-0.39, 0.29) is 10.8 Å². The molecule has 2 aromatic rings. The third-order valence-electron chi connectivity index (χ3n) is 5.40. The van der Waals surface area contributed by atoms with Crippen molar-refractivity contribution >= 4 is 0 Å². The van der Waals surface area contributed by atoms with Crippen molar-refractivity contribution in [2.24, 2.45) is 10.8 Å². The molecule has 0 aliphatic heterocycles. The molecular formula is C28H42O2. The molecule has 0 radical (unpaired) electrons. The van der Waals surface area contributed by atoms with Gasteiger partial charge in [-0.3, -0.25) is 0 Å². The molecule has 0 amide bonds. The molecule has 0 aliphatic rings. The van der Waals surface area contributed by atoms with Crippen molar-refractivity contribution in [3.63, 3.8) is 0 Å². The Balaban J connectivity index is 2.44. The van der Waals surface area contributed by atoms with E-state index in [2.05, 4.69) is 118 Å². The highest BCUT2D eigenvalue weighted by molar-refractivity contribution is 5.29. The second kappa shape index (κ2) is 8.85. The zero-order chi connectivity index (χ0) is 22.8. The van der Waals surface area contributed by atoms with Gasteiger partial charge in [0.1, 0.15) is 11.2 Å². The van der Waals surface area contributed by atoms with Gasteiger partial charge in [-0.25, -0.2) is 9.78 Å². The molecule has 0 aromatic heterocycles. The van der Waals surface area contributed by atoms with Crippen LogP contribution < -0.4 is 0 Å². The molecule has 2 aromatic carbocycles. The smallest absolute Gasteiger partial charge is 0.126 e. The summed E-state index contributed by atoms with van der Waals surface area (Å²) in [6.45, 7) is 22.0. The lowest BCUT2D eigenvalue weighted by molar-refractivity contribution is -0.424. The van der Waals surface area contributed by atoms with Crippen molar-refractivity contribution in [3.8, 4) is 0 Å². The van der Waals surface area contributed by atoms with Gasteiger partial charge in [0.25, 0.3) is 0 Å². The van der Waals surface area contributed by atoms with Crippen LogP contribution in [0.2, 0.25) is 0 Å². The minimum Gasteiger partial charge on any atom is -0.225 e. The summed E-state index contributed by atoms with van der Waals surface area (Å²) in [6.07, 6.45) is 1.70. The molecule has 166 valence electrons. The molecule has 2 unspecified atom stereocenters. The topological polar surface area (TPSA) is 18.5 Å². The number of benzene rings is 2. The van der Waals surface area contributed by atoms with Crippen molar-refractivity contribution in [1.82, 2.24) is 0 Å². The minimum absolute atomic E-state index is 0.0889. The van der Waals surface area contributed by atoms with E-state index in [1.807, 2.05) is 0 Å². The summed E-state index contributed by atoms with van der Waals surface area (Å²) in [4.78, 5) is 12.9. The van der Waals surface area contributed by atoms with E-state index >= 15 is 0 Å². The lowest BCUT2D eigenvalue weighted by Crippen LogP contribution is -2.38. The van der Waals surface area contributed by atoms with Gasteiger partial charge in [0.05, 0.1) is 0 Å². The van der Waals surface area contributed by atoms with Crippen molar-refractivity contribution in [1.29, 1.82) is 0 Å². The van der Waals surface area contributed by atoms with Gasteiger partial charge in [-0.2, -0.15) is 0 Å². The van der Waals surface area contributed by atoms with Crippen LogP contribution in [0.4, 0.5) is 0 Å². The summed E-state index contributed by atoms with van der Waals surface area (Å²) in [7, 11) is 0. The third kappa shape index (κ3) is 6.96. The van der Waals surface area contributed by atoms with Crippen LogP contribution >= 0.6 is 0 Å². The predicted octanol–water partition coefficient (Wildman–Crippen LogP) is 8.25. The Morgan fingerprint density at radius 2 is 0.900 bits per heavy atom. The van der Waals surface area contributed by atoms with E-state index in [0.717, 1.165) is 24.0 Å². The Morgan fingerprint density at radius 1 is 0.567 bits per heavy atom. The number of hydrogen-bond donors (Lipinski definition) is 0. The SMILES string of the molecule is Cc1cccc(C(C)(CC(C)(C)C)OOC(C)(CC(C)(C)C)c2cccc(C)c2)c1. The predicted molar refractivity (Wildman–Crippen MR) is 127 cm³/mol. The van der Waals surface area contributed by atoms with Crippen LogP contribution in [-0.4, -0.2) is 0 Å². The van der Waals surface area contributed by atoms with Crippen LogP contribution in [-0.2, 0) is 21.0 Å². The summed E-state index contributed by atoms with van der Waals surface area (Å²) >= 11 is 0. The number of rotatable bonds is 7. The van der Waals surface area contributed by atoms with Gasteiger partial charge < -0.3 is 0 Å². The first-order valence-electron chi connectivity index (χ1n) is 11.1. The maximum atomic E-state index is 6.45. The van der Waals surface area contributed by atoms with E-state index in [9.17, 15) is 0 Å². The molecule has 0 N–H and O–H groups in total. The van der Waals surface area contributed by atoms with Crippen LogP contribution in [0, 0.1) is 24.7 Å². The van der Waals surface area contributed by atoms with Crippen LogP contribution in [0.3, 0.4) is 0 Å². The molecule has 0 spiro atoms. The van der Waals surface area contributed by atoms with E-state index < -0.39 is 11.2 Å². The first kappa shape index (κ1) is 24.6. The van der Waals surface area contributed by atoms with Crippen LogP contribution in [0.15, 0.2) is 48.5 Å². The van der Waals surface area contributed by atoms with Gasteiger partial charge >= 0.3 is 0 Å². The van der Waals surface area contributed by atoms with E-state index in [4.69, 9.17) is 9.78 Å². The van der Waals surface area contributed by atoms with Crippen LogP contribution in [0.5, 0.6) is 0 Å². The molecule has 30 heavy (non-hydrogen) atoms. The molecular weight excluding hydrogens is 368 g/mol. The molecule has 2 rings (SSSR count). The molecule has 0 fully saturated rings. The van der Waals surface area contributed by atoms with Gasteiger partial charge in [-0.15, -0.1) is 0 Å². The molecule has 0 bridgehead atoms. The third-order valence-corrected chi connectivity index (χ3v) is 5.40. The average molecular weight is 411 g/mol. The van der Waals surface area contributed by atoms with Gasteiger partial charge in [0.15, 0.2) is 0 Å². The van der Waals surface area contributed by atoms with Crippen molar-refractivity contribution in [2.45, 2.75) is 93.3 Å². The fourth-order valence-corrected chi connectivity index (χ4v) is 4.52. The highest BCUT2D eigenvalue weighted by Gasteiger charge is 2.40. The fourth-order valence-electron chi connectivity index (χ4n) is 4.52. The molecule has 2 heteroatoms. The summed E-state index contributed by atoms with van der Waals surface area (Å²) in [5.41, 5.74) is 3.84. The van der Waals surface area contributed by atoms with Crippen molar-refractivity contribution < 1.29 is 9.78 Å². The maximum absolute atomic E-state index is 6.45. The van der Waals surface area contributed by atoms with E-state index in [1.54, 1.807) is 0 Å². The number of hydrogen-bond acceptors (Lipinski definition) is 2. The standard InChI is InChI=1S/C28H42O2/c1-21-13-11-15-23(17-21)27(9,19-25(3,4)5)29-30-28(10,20-26(6,7)8)24-16-12-14-22(2)18-24/h11-18H,19-20H2,1-10H3. The average Bonchev–Trinajstić information content (AvgIpc) is 2.57. The Hall–Kier alpha value is -1.64. The lowest BCUT2D eigenvalue weighted by Gasteiger charge is -2.40. The first-order valence-corrected chi connectivity index (χ1v) is 11.1. The largest absolute Gasteiger partial charge is 0.225 e. The number of aryl methyl sites for hydroxylation is 2. The lowest BCUT2D eigenvalue weighted by atomic mass is 9.78. The molecule has 2 atom stereocenters. The fraction of sp³-hybridized carbons (Fsp3) is 0.571. The summed E-state index contributed by atoms with van der Waals surface area (Å²) in [5.74, 6) is 0. The molecule has 0 heterocycles. The quantitative estimate of drug-likeness (QED) is 0.338. The van der Waals surface area contributed by atoms with Gasteiger partial charge in [0.2, 0.25) is 0 Å². The summed E-state index contributed by atoms with van der Waals surface area (Å²) < 4.78 is 0.